The van der Waals surface area contributed by atoms with E-state index in [1.807, 2.05) is 20.8 Å². The zero-order chi connectivity index (χ0) is 20.1. The highest BCUT2D eigenvalue weighted by Gasteiger charge is 2.63. The van der Waals surface area contributed by atoms with Gasteiger partial charge in [0, 0.05) is 18.1 Å². The van der Waals surface area contributed by atoms with Gasteiger partial charge in [0.25, 0.3) is 0 Å². The summed E-state index contributed by atoms with van der Waals surface area (Å²) < 4.78 is 44.6. The first kappa shape index (κ1) is 20.7. The van der Waals surface area contributed by atoms with Gasteiger partial charge in [-0.2, -0.15) is 13.2 Å². The quantitative estimate of drug-likeness (QED) is 0.647. The molecule has 0 saturated heterocycles. The lowest BCUT2D eigenvalue weighted by atomic mass is 9.52. The second-order valence-electron chi connectivity index (χ2n) is 9.88. The van der Waals surface area contributed by atoms with Gasteiger partial charge in [0.1, 0.15) is 5.60 Å². The van der Waals surface area contributed by atoms with Gasteiger partial charge in [-0.15, -0.1) is 0 Å². The number of aliphatic hydroxyl groups excluding tert-OH is 1. The predicted molar refractivity (Wildman–Crippen MR) is 94.2 cm³/mol. The number of carbonyl (C=O) groups is 1. The molecular formula is C19H31F3N2O3. The normalized spacial score (nSPS) is 33.0. The molecule has 3 rings (SSSR count). The summed E-state index contributed by atoms with van der Waals surface area (Å²) in [5.41, 5.74) is -1.93. The molecule has 0 aliphatic heterocycles. The smallest absolute Gasteiger partial charge is 0.407 e. The van der Waals surface area contributed by atoms with Crippen molar-refractivity contribution < 1.29 is 27.8 Å². The van der Waals surface area contributed by atoms with Crippen LogP contribution in [0.15, 0.2) is 0 Å². The van der Waals surface area contributed by atoms with Crippen LogP contribution in [0.5, 0.6) is 0 Å². The highest BCUT2D eigenvalue weighted by atomic mass is 19.4. The fourth-order valence-corrected chi connectivity index (χ4v) is 4.73. The third-order valence-corrected chi connectivity index (χ3v) is 6.22. The van der Waals surface area contributed by atoms with Crippen LogP contribution in [0.2, 0.25) is 0 Å². The van der Waals surface area contributed by atoms with E-state index in [-0.39, 0.29) is 43.4 Å². The van der Waals surface area contributed by atoms with Gasteiger partial charge in [-0.1, -0.05) is 0 Å². The first-order valence-corrected chi connectivity index (χ1v) is 9.79. The number of hydrogen-bond acceptors (Lipinski definition) is 4. The predicted octanol–water partition coefficient (Wildman–Crippen LogP) is 3.51. The number of aliphatic hydroxyl groups is 1. The number of carbonyl (C=O) groups excluding carboxylic acids is 1. The van der Waals surface area contributed by atoms with Crippen molar-refractivity contribution in [3.63, 3.8) is 0 Å². The van der Waals surface area contributed by atoms with Gasteiger partial charge < -0.3 is 20.5 Å². The topological polar surface area (TPSA) is 70.6 Å². The minimum Gasteiger partial charge on any atom is -0.444 e. The molecule has 1 unspecified atom stereocenters. The molecule has 0 aromatic carbocycles. The molecule has 0 heterocycles. The lowest BCUT2D eigenvalue weighted by molar-refractivity contribution is -0.191. The van der Waals surface area contributed by atoms with E-state index in [1.165, 1.54) is 0 Å². The molecule has 3 fully saturated rings. The summed E-state index contributed by atoms with van der Waals surface area (Å²) in [7, 11) is 0. The van der Waals surface area contributed by atoms with Crippen LogP contribution in [0.4, 0.5) is 18.0 Å². The first-order chi connectivity index (χ1) is 12.4. The minimum absolute atomic E-state index is 0.0423. The van der Waals surface area contributed by atoms with Crippen LogP contribution >= 0.6 is 0 Å². The van der Waals surface area contributed by atoms with E-state index in [0.29, 0.717) is 0 Å². The van der Waals surface area contributed by atoms with Crippen molar-refractivity contribution in [1.29, 1.82) is 0 Å². The Morgan fingerprint density at radius 1 is 1.15 bits per heavy atom. The summed E-state index contributed by atoms with van der Waals surface area (Å²) in [6.07, 6.45) is -0.774. The van der Waals surface area contributed by atoms with E-state index in [9.17, 15) is 23.1 Å². The van der Waals surface area contributed by atoms with Gasteiger partial charge in [0.2, 0.25) is 0 Å². The Bertz CT molecular complexity index is 556. The standard InChI is InChI=1S/C19H31F3N2O3/c1-16(2,3)27-15(26)24-13-8-17(9-13)6-12(7-17)23-14(11-25)10-18(4-5-18)19(20,21)22/h12-14,23,25H,4-11H2,1-3H3,(H,24,26). The fourth-order valence-electron chi connectivity index (χ4n) is 4.73. The number of nitrogens with one attached hydrogen (secondary N) is 2. The molecule has 0 bridgehead atoms. The summed E-state index contributed by atoms with van der Waals surface area (Å²) in [6.45, 7) is 5.18. The minimum atomic E-state index is -4.18. The maximum Gasteiger partial charge on any atom is 0.407 e. The van der Waals surface area contributed by atoms with Gasteiger partial charge in [-0.05, 0) is 71.1 Å². The molecule has 27 heavy (non-hydrogen) atoms. The van der Waals surface area contributed by atoms with Gasteiger partial charge in [0.15, 0.2) is 0 Å². The molecule has 156 valence electrons. The van der Waals surface area contributed by atoms with Crippen LogP contribution in [0, 0.1) is 10.8 Å². The van der Waals surface area contributed by atoms with Gasteiger partial charge in [-0.3, -0.25) is 0 Å². The van der Waals surface area contributed by atoms with Gasteiger partial charge in [0.05, 0.1) is 12.0 Å². The summed E-state index contributed by atoms with van der Waals surface area (Å²) in [5.74, 6) is 0. The average Bonchev–Trinajstić information content (AvgIpc) is 3.20. The maximum absolute atomic E-state index is 13.1. The lowest BCUT2D eigenvalue weighted by Crippen LogP contribution is -2.62. The molecule has 1 atom stereocenters. The van der Waals surface area contributed by atoms with Crippen molar-refractivity contribution >= 4 is 6.09 Å². The summed E-state index contributed by atoms with van der Waals surface area (Å²) >= 11 is 0. The molecule has 0 aromatic rings. The molecule has 3 N–H and O–H groups in total. The second-order valence-corrected chi connectivity index (χ2v) is 9.88. The number of amides is 1. The second kappa shape index (κ2) is 6.79. The Balaban J connectivity index is 1.37. The molecule has 3 saturated carbocycles. The number of alkyl halides is 3. The average molecular weight is 392 g/mol. The van der Waals surface area contributed by atoms with Crippen molar-refractivity contribution in [2.45, 2.75) is 95.6 Å². The van der Waals surface area contributed by atoms with Gasteiger partial charge in [-0.25, -0.2) is 4.79 Å². The van der Waals surface area contributed by atoms with Crippen molar-refractivity contribution in [2.75, 3.05) is 6.61 Å². The first-order valence-electron chi connectivity index (χ1n) is 9.79. The molecule has 0 radical (unpaired) electrons. The van der Waals surface area contributed by atoms with Crippen molar-refractivity contribution in [3.05, 3.63) is 0 Å². The van der Waals surface area contributed by atoms with E-state index in [2.05, 4.69) is 10.6 Å². The zero-order valence-corrected chi connectivity index (χ0v) is 16.3. The van der Waals surface area contributed by atoms with E-state index in [0.717, 1.165) is 25.7 Å². The zero-order valence-electron chi connectivity index (χ0n) is 16.3. The molecule has 5 nitrogen and oxygen atoms in total. The Morgan fingerprint density at radius 3 is 2.15 bits per heavy atom. The number of alkyl carbamates (subject to hydrolysis) is 1. The highest BCUT2D eigenvalue weighted by Crippen LogP contribution is 2.61. The van der Waals surface area contributed by atoms with Crippen LogP contribution in [-0.4, -0.2) is 47.7 Å². The van der Waals surface area contributed by atoms with Crippen LogP contribution < -0.4 is 10.6 Å². The molecule has 8 heteroatoms. The number of hydrogen-bond donors (Lipinski definition) is 3. The maximum atomic E-state index is 13.1. The number of halogens is 3. The van der Waals surface area contributed by atoms with E-state index in [1.54, 1.807) is 0 Å². The lowest BCUT2D eigenvalue weighted by Gasteiger charge is -2.58. The molecule has 3 aliphatic rings. The van der Waals surface area contributed by atoms with Crippen molar-refractivity contribution in [2.24, 2.45) is 10.8 Å². The Hall–Kier alpha value is -1.02. The van der Waals surface area contributed by atoms with Crippen molar-refractivity contribution in [3.8, 4) is 0 Å². The monoisotopic (exact) mass is 392 g/mol. The number of rotatable bonds is 6. The highest BCUT2D eigenvalue weighted by molar-refractivity contribution is 5.68. The van der Waals surface area contributed by atoms with E-state index < -0.39 is 29.3 Å². The van der Waals surface area contributed by atoms with E-state index >= 15 is 0 Å². The Morgan fingerprint density at radius 2 is 1.70 bits per heavy atom. The third kappa shape index (κ3) is 4.70. The van der Waals surface area contributed by atoms with Crippen LogP contribution in [0.25, 0.3) is 0 Å². The molecule has 1 amide bonds. The third-order valence-electron chi connectivity index (χ3n) is 6.22. The summed E-state index contributed by atoms with van der Waals surface area (Å²) in [5, 5.41) is 15.6. The van der Waals surface area contributed by atoms with E-state index in [4.69, 9.17) is 4.74 Å². The molecule has 1 spiro atoms. The molecular weight excluding hydrogens is 361 g/mol. The van der Waals surface area contributed by atoms with Crippen LogP contribution in [0.1, 0.15) is 65.7 Å². The number of ether oxygens (including phenoxy) is 1. The SMILES string of the molecule is CC(C)(C)OC(=O)NC1CC2(C1)CC(NC(CO)CC1(C(F)(F)F)CC1)C2. The summed E-state index contributed by atoms with van der Waals surface area (Å²) in [4.78, 5) is 11.8. The summed E-state index contributed by atoms with van der Waals surface area (Å²) in [6, 6.07) is -0.254. The van der Waals surface area contributed by atoms with Gasteiger partial charge >= 0.3 is 12.3 Å². The fraction of sp³-hybridized carbons (Fsp3) is 0.947. The largest absolute Gasteiger partial charge is 0.444 e. The van der Waals surface area contributed by atoms with Crippen LogP contribution in [-0.2, 0) is 4.74 Å². The Labute approximate surface area is 158 Å². The molecule has 0 aromatic heterocycles. The van der Waals surface area contributed by atoms with Crippen LogP contribution in [0.3, 0.4) is 0 Å². The molecule has 3 aliphatic carbocycles. The Kier molecular flexibility index (Phi) is 5.21. The van der Waals surface area contributed by atoms with Crippen molar-refractivity contribution in [1.82, 2.24) is 10.6 Å².